The summed E-state index contributed by atoms with van der Waals surface area (Å²) >= 11 is 6.22. The summed E-state index contributed by atoms with van der Waals surface area (Å²) in [5.74, 6) is -0.278. The molecule has 0 aliphatic carbocycles. The number of unbranched alkanes of at least 4 members (excludes halogenated alkanes) is 1. The molecule has 0 aliphatic rings. The summed E-state index contributed by atoms with van der Waals surface area (Å²) < 4.78 is 5.92. The maximum Gasteiger partial charge on any atom is 0.251 e. The molecule has 8 heteroatoms. The number of primary amides is 1. The summed E-state index contributed by atoms with van der Waals surface area (Å²) in [4.78, 5) is 28.4. The van der Waals surface area contributed by atoms with Crippen LogP contribution in [0.15, 0.2) is 54.7 Å². The van der Waals surface area contributed by atoms with Gasteiger partial charge >= 0.3 is 0 Å². The molecule has 2 amide bonds. The fourth-order valence-corrected chi connectivity index (χ4v) is 3.38. The van der Waals surface area contributed by atoms with E-state index in [-0.39, 0.29) is 5.91 Å². The molecule has 2 aromatic carbocycles. The van der Waals surface area contributed by atoms with Crippen molar-refractivity contribution in [3.63, 3.8) is 0 Å². The van der Waals surface area contributed by atoms with Gasteiger partial charge in [0.1, 0.15) is 23.9 Å². The number of pyridine rings is 1. The third-order valence-corrected chi connectivity index (χ3v) is 5.22. The number of nitrogens with one attached hydrogen (secondary N) is 1. The Morgan fingerprint density at radius 2 is 1.87 bits per heavy atom. The van der Waals surface area contributed by atoms with Crippen LogP contribution < -0.4 is 21.5 Å². The summed E-state index contributed by atoms with van der Waals surface area (Å²) in [6, 6.07) is 13.5. The van der Waals surface area contributed by atoms with Gasteiger partial charge in [0.05, 0.1) is 5.02 Å². The Balaban J connectivity index is 1.62. The molecule has 0 fully saturated rings. The number of nitrogens with zero attached hydrogens (tertiary/aromatic N) is 1. The number of nitrogens with two attached hydrogens (primary N) is 2. The quantitative estimate of drug-likeness (QED) is 0.418. The molecule has 0 bridgehead atoms. The number of halogens is 1. The molecule has 1 heterocycles. The Morgan fingerprint density at radius 1 is 1.10 bits per heavy atom. The molecule has 0 aliphatic heterocycles. The van der Waals surface area contributed by atoms with Crippen molar-refractivity contribution in [2.75, 3.05) is 6.54 Å². The number of aromatic nitrogens is 1. The van der Waals surface area contributed by atoms with Gasteiger partial charge in [0.2, 0.25) is 5.91 Å². The number of rotatable bonds is 10. The predicted molar refractivity (Wildman–Crippen MR) is 121 cm³/mol. The normalized spacial score (nSPS) is 11.8. The first-order chi connectivity index (χ1) is 15.0. The average molecular weight is 441 g/mol. The minimum atomic E-state index is -0.715. The van der Waals surface area contributed by atoms with Crippen molar-refractivity contribution in [2.24, 2.45) is 11.5 Å². The number of hydrogen-bond donors (Lipinski definition) is 3. The van der Waals surface area contributed by atoms with Crippen LogP contribution >= 0.6 is 11.6 Å². The maximum absolute atomic E-state index is 12.5. The average Bonchev–Trinajstić information content (AvgIpc) is 2.78. The Morgan fingerprint density at radius 3 is 2.58 bits per heavy atom. The Labute approximate surface area is 185 Å². The van der Waals surface area contributed by atoms with Crippen LogP contribution in [0.2, 0.25) is 5.02 Å². The van der Waals surface area contributed by atoms with Crippen molar-refractivity contribution in [3.8, 4) is 5.75 Å². The van der Waals surface area contributed by atoms with Crippen LogP contribution in [0.25, 0.3) is 10.9 Å². The number of fused-ring (bicyclic) bond motifs is 1. The number of ether oxygens (including phenoxy) is 1. The molecule has 3 aromatic rings. The number of hydrogen-bond acceptors (Lipinski definition) is 5. The molecule has 0 spiro atoms. The number of carbonyl (C=O) groups is 2. The maximum atomic E-state index is 12.5. The lowest BCUT2D eigenvalue weighted by Crippen LogP contribution is -2.44. The lowest BCUT2D eigenvalue weighted by Gasteiger charge is -2.15. The van der Waals surface area contributed by atoms with Crippen LogP contribution in [0.4, 0.5) is 0 Å². The van der Waals surface area contributed by atoms with Gasteiger partial charge in [-0.2, -0.15) is 0 Å². The van der Waals surface area contributed by atoms with Gasteiger partial charge in [-0.15, -0.1) is 0 Å². The second-order valence-electron chi connectivity index (χ2n) is 7.14. The van der Waals surface area contributed by atoms with Crippen molar-refractivity contribution in [2.45, 2.75) is 31.9 Å². The second-order valence-corrected chi connectivity index (χ2v) is 7.55. The molecule has 31 heavy (non-hydrogen) atoms. The van der Waals surface area contributed by atoms with E-state index < -0.39 is 11.9 Å². The zero-order valence-electron chi connectivity index (χ0n) is 17.0. The van der Waals surface area contributed by atoms with E-state index in [1.807, 2.05) is 12.1 Å². The summed E-state index contributed by atoms with van der Waals surface area (Å²) in [5.41, 5.74) is 12.9. The molecule has 1 atom stereocenters. The molecular weight excluding hydrogens is 416 g/mol. The van der Waals surface area contributed by atoms with Gasteiger partial charge in [0, 0.05) is 17.1 Å². The minimum absolute atomic E-state index is 0.304. The fourth-order valence-electron chi connectivity index (χ4n) is 3.16. The van der Waals surface area contributed by atoms with E-state index in [0.717, 1.165) is 23.8 Å². The van der Waals surface area contributed by atoms with E-state index in [1.165, 1.54) is 0 Å². The highest BCUT2D eigenvalue weighted by Gasteiger charge is 2.18. The molecule has 0 saturated carbocycles. The molecule has 1 unspecified atom stereocenters. The van der Waals surface area contributed by atoms with Crippen LogP contribution in [-0.4, -0.2) is 29.4 Å². The summed E-state index contributed by atoms with van der Waals surface area (Å²) in [7, 11) is 0. The van der Waals surface area contributed by atoms with E-state index in [0.29, 0.717) is 41.4 Å². The highest BCUT2D eigenvalue weighted by Crippen LogP contribution is 2.30. The minimum Gasteiger partial charge on any atom is -0.487 e. The third-order valence-electron chi connectivity index (χ3n) is 4.89. The first-order valence-corrected chi connectivity index (χ1v) is 10.4. The molecule has 0 saturated heterocycles. The topological polar surface area (TPSA) is 120 Å². The van der Waals surface area contributed by atoms with Gasteiger partial charge < -0.3 is 21.5 Å². The summed E-state index contributed by atoms with van der Waals surface area (Å²) in [6.45, 7) is 0.836. The fraction of sp³-hybridized carbons (Fsp3) is 0.261. The van der Waals surface area contributed by atoms with Gasteiger partial charge in [-0.1, -0.05) is 23.7 Å². The van der Waals surface area contributed by atoms with Gasteiger partial charge in [-0.25, -0.2) is 0 Å². The van der Waals surface area contributed by atoms with E-state index in [1.54, 1.807) is 42.6 Å². The molecule has 0 radical (unpaired) electrons. The summed E-state index contributed by atoms with van der Waals surface area (Å²) in [5, 5.41) is 4.13. The number of carbonyl (C=O) groups excluding carboxylic acids is 2. The van der Waals surface area contributed by atoms with Crippen LogP contribution in [0, 0.1) is 0 Å². The SMILES string of the molecule is NCCCCC(NC(=O)c1ccc(COc2ccc(Cl)c3cccnc23)cc1)C(N)=O. The van der Waals surface area contributed by atoms with Crippen LogP contribution in [0.1, 0.15) is 35.2 Å². The number of amides is 2. The van der Waals surface area contributed by atoms with Crippen molar-refractivity contribution in [1.82, 2.24) is 10.3 Å². The van der Waals surface area contributed by atoms with E-state index >= 15 is 0 Å². The van der Waals surface area contributed by atoms with Crippen molar-refractivity contribution in [3.05, 3.63) is 70.9 Å². The smallest absolute Gasteiger partial charge is 0.251 e. The summed E-state index contributed by atoms with van der Waals surface area (Å²) in [6.07, 6.45) is 3.64. The molecule has 3 rings (SSSR count). The zero-order valence-corrected chi connectivity index (χ0v) is 17.8. The highest BCUT2D eigenvalue weighted by molar-refractivity contribution is 6.35. The van der Waals surface area contributed by atoms with E-state index in [2.05, 4.69) is 10.3 Å². The molecule has 5 N–H and O–H groups in total. The van der Waals surface area contributed by atoms with Gasteiger partial charge in [0.15, 0.2) is 0 Å². The Kier molecular flexibility index (Phi) is 7.81. The van der Waals surface area contributed by atoms with Gasteiger partial charge in [0.25, 0.3) is 5.91 Å². The largest absolute Gasteiger partial charge is 0.487 e. The molecular formula is C23H25ClN4O3. The monoisotopic (exact) mass is 440 g/mol. The third kappa shape index (κ3) is 5.93. The van der Waals surface area contributed by atoms with E-state index in [4.69, 9.17) is 27.8 Å². The second kappa shape index (κ2) is 10.7. The van der Waals surface area contributed by atoms with Crippen molar-refractivity contribution in [1.29, 1.82) is 0 Å². The first-order valence-electron chi connectivity index (χ1n) is 10.0. The Bertz CT molecular complexity index is 1060. The molecule has 1 aromatic heterocycles. The standard InChI is InChI=1S/C23H25ClN4O3/c24-18-10-11-20(21-17(18)4-3-13-27-21)31-14-15-6-8-16(9-7-15)23(30)28-19(22(26)29)5-1-2-12-25/h3-4,6-11,13,19H,1-2,5,12,14,25H2,(H2,26,29)(H,28,30). The van der Waals surface area contributed by atoms with Gasteiger partial charge in [-0.3, -0.25) is 14.6 Å². The lowest BCUT2D eigenvalue weighted by atomic mass is 10.1. The molecule has 162 valence electrons. The Hall–Kier alpha value is -3.16. The van der Waals surface area contributed by atoms with Crippen LogP contribution in [-0.2, 0) is 11.4 Å². The molecule has 7 nitrogen and oxygen atoms in total. The predicted octanol–water partition coefficient (Wildman–Crippen LogP) is 3.18. The lowest BCUT2D eigenvalue weighted by molar-refractivity contribution is -0.120. The van der Waals surface area contributed by atoms with Crippen molar-refractivity contribution < 1.29 is 14.3 Å². The van der Waals surface area contributed by atoms with Gasteiger partial charge in [-0.05, 0) is 67.8 Å². The van der Waals surface area contributed by atoms with Crippen molar-refractivity contribution >= 4 is 34.3 Å². The zero-order chi connectivity index (χ0) is 22.2. The number of benzene rings is 2. The highest BCUT2D eigenvalue weighted by atomic mass is 35.5. The first kappa shape index (κ1) is 22.5. The van der Waals surface area contributed by atoms with Crippen LogP contribution in [0.5, 0.6) is 5.75 Å². The van der Waals surface area contributed by atoms with Crippen LogP contribution in [0.3, 0.4) is 0 Å². The van der Waals surface area contributed by atoms with E-state index in [9.17, 15) is 9.59 Å².